The van der Waals surface area contributed by atoms with E-state index in [9.17, 15) is 4.79 Å². The number of aromatic nitrogens is 2. The molecule has 1 fully saturated rings. The average molecular weight is 355 g/mol. The SMILES string of the molecule is CN(C)c1nc(N2CCCC2)ncc1NC(=O)COCc1ccccc1. The molecular weight excluding hydrogens is 330 g/mol. The van der Waals surface area contributed by atoms with Gasteiger partial charge in [0.25, 0.3) is 5.91 Å². The van der Waals surface area contributed by atoms with E-state index in [1.807, 2.05) is 49.3 Å². The summed E-state index contributed by atoms with van der Waals surface area (Å²) in [5, 5.41) is 2.85. The second kappa shape index (κ2) is 8.62. The van der Waals surface area contributed by atoms with Crippen molar-refractivity contribution in [3.63, 3.8) is 0 Å². The van der Waals surface area contributed by atoms with Crippen LogP contribution < -0.4 is 15.1 Å². The fourth-order valence-electron chi connectivity index (χ4n) is 2.88. The van der Waals surface area contributed by atoms with Gasteiger partial charge >= 0.3 is 0 Å². The Kier molecular flexibility index (Phi) is 6.01. The van der Waals surface area contributed by atoms with Gasteiger partial charge in [-0.3, -0.25) is 4.79 Å². The smallest absolute Gasteiger partial charge is 0.250 e. The van der Waals surface area contributed by atoms with Crippen molar-refractivity contribution < 1.29 is 9.53 Å². The Morgan fingerprint density at radius 3 is 2.65 bits per heavy atom. The van der Waals surface area contributed by atoms with Crippen LogP contribution in [0.15, 0.2) is 36.5 Å². The van der Waals surface area contributed by atoms with Crippen LogP contribution in [0.4, 0.5) is 17.5 Å². The zero-order chi connectivity index (χ0) is 18.4. The fraction of sp³-hybridized carbons (Fsp3) is 0.421. The molecule has 138 valence electrons. The summed E-state index contributed by atoms with van der Waals surface area (Å²) in [4.78, 5) is 25.3. The zero-order valence-corrected chi connectivity index (χ0v) is 15.3. The summed E-state index contributed by atoms with van der Waals surface area (Å²) in [5.74, 6) is 1.18. The molecule has 26 heavy (non-hydrogen) atoms. The molecule has 0 unspecified atom stereocenters. The Hall–Kier alpha value is -2.67. The van der Waals surface area contributed by atoms with Crippen LogP contribution >= 0.6 is 0 Å². The maximum Gasteiger partial charge on any atom is 0.250 e. The summed E-state index contributed by atoms with van der Waals surface area (Å²) >= 11 is 0. The monoisotopic (exact) mass is 355 g/mol. The molecule has 0 bridgehead atoms. The number of hydrogen-bond donors (Lipinski definition) is 1. The van der Waals surface area contributed by atoms with Gasteiger partial charge in [-0.2, -0.15) is 4.98 Å². The number of carbonyl (C=O) groups is 1. The highest BCUT2D eigenvalue weighted by Crippen LogP contribution is 2.25. The van der Waals surface area contributed by atoms with E-state index in [2.05, 4.69) is 20.2 Å². The van der Waals surface area contributed by atoms with E-state index >= 15 is 0 Å². The summed E-state index contributed by atoms with van der Waals surface area (Å²) in [6.45, 7) is 2.34. The predicted molar refractivity (Wildman–Crippen MR) is 103 cm³/mol. The first kappa shape index (κ1) is 18.1. The lowest BCUT2D eigenvalue weighted by molar-refractivity contribution is -0.121. The van der Waals surface area contributed by atoms with Crippen molar-refractivity contribution in [1.29, 1.82) is 0 Å². The normalized spacial score (nSPS) is 13.7. The van der Waals surface area contributed by atoms with Gasteiger partial charge in [0.05, 0.1) is 12.8 Å². The molecule has 0 atom stereocenters. The van der Waals surface area contributed by atoms with Gasteiger partial charge in [0.1, 0.15) is 12.3 Å². The summed E-state index contributed by atoms with van der Waals surface area (Å²) < 4.78 is 5.48. The molecule has 0 spiro atoms. The number of anilines is 3. The molecule has 1 aromatic carbocycles. The number of hydrogen-bond acceptors (Lipinski definition) is 6. The van der Waals surface area contributed by atoms with Crippen LogP contribution in [0.25, 0.3) is 0 Å². The van der Waals surface area contributed by atoms with Crippen molar-refractivity contribution >= 4 is 23.4 Å². The average Bonchev–Trinajstić information content (AvgIpc) is 3.17. The number of nitrogens with zero attached hydrogens (tertiary/aromatic N) is 4. The quantitative estimate of drug-likeness (QED) is 0.822. The minimum absolute atomic E-state index is 0.0182. The van der Waals surface area contributed by atoms with Crippen molar-refractivity contribution in [3.8, 4) is 0 Å². The highest BCUT2D eigenvalue weighted by atomic mass is 16.5. The summed E-state index contributed by atoms with van der Waals surface area (Å²) in [5.41, 5.74) is 1.62. The molecule has 0 saturated carbocycles. The second-order valence-corrected chi connectivity index (χ2v) is 6.52. The van der Waals surface area contributed by atoms with E-state index in [0.717, 1.165) is 31.5 Å². The van der Waals surface area contributed by atoms with E-state index in [4.69, 9.17) is 4.74 Å². The summed E-state index contributed by atoms with van der Waals surface area (Å²) in [7, 11) is 3.80. The molecule has 7 heteroatoms. The van der Waals surface area contributed by atoms with E-state index in [1.165, 1.54) is 0 Å². The van der Waals surface area contributed by atoms with Crippen LogP contribution in [-0.4, -0.2) is 49.7 Å². The molecule has 1 amide bonds. The van der Waals surface area contributed by atoms with Crippen LogP contribution in [0.5, 0.6) is 0 Å². The third-order valence-corrected chi connectivity index (χ3v) is 4.19. The minimum atomic E-state index is -0.221. The molecular formula is C19H25N5O2. The third kappa shape index (κ3) is 4.70. The van der Waals surface area contributed by atoms with Crippen molar-refractivity contribution in [2.75, 3.05) is 48.9 Å². The highest BCUT2D eigenvalue weighted by molar-refractivity contribution is 5.94. The number of nitrogens with one attached hydrogen (secondary N) is 1. The Labute approximate surface area is 154 Å². The fourth-order valence-corrected chi connectivity index (χ4v) is 2.88. The molecule has 3 rings (SSSR count). The number of amides is 1. The zero-order valence-electron chi connectivity index (χ0n) is 15.3. The van der Waals surface area contributed by atoms with Crippen LogP contribution in [-0.2, 0) is 16.1 Å². The van der Waals surface area contributed by atoms with Crippen molar-refractivity contribution in [1.82, 2.24) is 9.97 Å². The van der Waals surface area contributed by atoms with Gasteiger partial charge in [-0.25, -0.2) is 4.98 Å². The van der Waals surface area contributed by atoms with Crippen molar-refractivity contribution in [2.24, 2.45) is 0 Å². The van der Waals surface area contributed by atoms with Crippen LogP contribution in [0.2, 0.25) is 0 Å². The Morgan fingerprint density at radius 2 is 1.96 bits per heavy atom. The maximum absolute atomic E-state index is 12.2. The lowest BCUT2D eigenvalue weighted by atomic mass is 10.2. The maximum atomic E-state index is 12.2. The lowest BCUT2D eigenvalue weighted by Gasteiger charge is -2.21. The molecule has 2 heterocycles. The van der Waals surface area contributed by atoms with Crippen LogP contribution in [0.1, 0.15) is 18.4 Å². The molecule has 0 radical (unpaired) electrons. The van der Waals surface area contributed by atoms with Crippen LogP contribution in [0.3, 0.4) is 0 Å². The Balaban J connectivity index is 1.59. The van der Waals surface area contributed by atoms with Crippen LogP contribution in [0, 0.1) is 0 Å². The molecule has 1 N–H and O–H groups in total. The first-order valence-electron chi connectivity index (χ1n) is 8.84. The van der Waals surface area contributed by atoms with E-state index < -0.39 is 0 Å². The van der Waals surface area contributed by atoms with Gasteiger partial charge in [-0.15, -0.1) is 0 Å². The summed E-state index contributed by atoms with van der Waals surface area (Å²) in [6.07, 6.45) is 4.00. The molecule has 1 aliphatic rings. The molecule has 7 nitrogen and oxygen atoms in total. The second-order valence-electron chi connectivity index (χ2n) is 6.52. The highest BCUT2D eigenvalue weighted by Gasteiger charge is 2.18. The predicted octanol–water partition coefficient (Wildman–Crippen LogP) is 2.30. The molecule has 2 aromatic rings. The Bertz CT molecular complexity index is 730. The standard InChI is InChI=1S/C19H25N5O2/c1-23(2)18-16(12-20-19(22-18)24-10-6-7-11-24)21-17(25)14-26-13-15-8-4-3-5-9-15/h3-5,8-9,12H,6-7,10-11,13-14H2,1-2H3,(H,21,25). The number of benzene rings is 1. The van der Waals surface area contributed by atoms with E-state index in [1.54, 1.807) is 6.20 Å². The Morgan fingerprint density at radius 1 is 1.23 bits per heavy atom. The minimum Gasteiger partial charge on any atom is -0.367 e. The van der Waals surface area contributed by atoms with E-state index in [-0.39, 0.29) is 12.5 Å². The molecule has 1 aliphatic heterocycles. The molecule has 1 saturated heterocycles. The molecule has 0 aliphatic carbocycles. The van der Waals surface area contributed by atoms with Gasteiger partial charge < -0.3 is 19.9 Å². The summed E-state index contributed by atoms with van der Waals surface area (Å²) in [6, 6.07) is 9.77. The number of carbonyl (C=O) groups excluding carboxylic acids is 1. The molecule has 1 aromatic heterocycles. The van der Waals surface area contributed by atoms with Gasteiger partial charge in [0.2, 0.25) is 5.95 Å². The van der Waals surface area contributed by atoms with Crippen molar-refractivity contribution in [2.45, 2.75) is 19.4 Å². The van der Waals surface area contributed by atoms with Gasteiger partial charge in [0, 0.05) is 27.2 Å². The lowest BCUT2D eigenvalue weighted by Crippen LogP contribution is -2.24. The van der Waals surface area contributed by atoms with Gasteiger partial charge in [-0.1, -0.05) is 30.3 Å². The van der Waals surface area contributed by atoms with Gasteiger partial charge in [-0.05, 0) is 18.4 Å². The largest absolute Gasteiger partial charge is 0.367 e. The topological polar surface area (TPSA) is 70.6 Å². The first-order valence-corrected chi connectivity index (χ1v) is 8.84. The third-order valence-electron chi connectivity index (χ3n) is 4.19. The van der Waals surface area contributed by atoms with E-state index in [0.29, 0.717) is 24.1 Å². The number of ether oxygens (including phenoxy) is 1. The number of rotatable bonds is 7. The van der Waals surface area contributed by atoms with Gasteiger partial charge in [0.15, 0.2) is 5.82 Å². The first-order chi connectivity index (χ1) is 12.6. The van der Waals surface area contributed by atoms with Crippen molar-refractivity contribution in [3.05, 3.63) is 42.1 Å².